The maximum absolute atomic E-state index is 11.9. The van der Waals surface area contributed by atoms with Crippen LogP contribution in [0.4, 0.5) is 0 Å². The maximum Gasteiger partial charge on any atom is 0.212 e. The van der Waals surface area contributed by atoms with Gasteiger partial charge in [0.05, 0.1) is 11.8 Å². The van der Waals surface area contributed by atoms with Crippen LogP contribution in [0.15, 0.2) is 5.16 Å². The van der Waals surface area contributed by atoms with E-state index in [1.54, 1.807) is 13.8 Å². The fourth-order valence-electron chi connectivity index (χ4n) is 1.41. The Hall–Kier alpha value is -0.820. The summed E-state index contributed by atoms with van der Waals surface area (Å²) in [5.41, 5.74) is 5.11. The Morgan fingerprint density at radius 3 is 2.18 bits per heavy atom. The SMILES string of the molecule is CC(C)C(NS(=O)(=O)CC(C)(C)C)C(N)=NO. The topological polar surface area (TPSA) is 105 Å². The molecule has 0 aromatic carbocycles. The second-order valence-corrected chi connectivity index (χ2v) is 7.44. The van der Waals surface area contributed by atoms with Crippen LogP contribution in [0.3, 0.4) is 0 Å². The zero-order chi connectivity index (χ0) is 13.9. The van der Waals surface area contributed by atoms with Crippen molar-refractivity contribution >= 4 is 15.9 Å². The molecule has 0 heterocycles. The summed E-state index contributed by atoms with van der Waals surface area (Å²) in [5.74, 6) is -0.236. The molecule has 0 aliphatic carbocycles. The molecular formula is C10H23N3O3S. The zero-order valence-corrected chi connectivity index (χ0v) is 11.9. The van der Waals surface area contributed by atoms with Gasteiger partial charge in [-0.05, 0) is 11.3 Å². The molecule has 0 radical (unpaired) electrons. The highest BCUT2D eigenvalue weighted by atomic mass is 32.2. The lowest BCUT2D eigenvalue weighted by Gasteiger charge is -2.24. The molecule has 0 fully saturated rings. The molecule has 0 rings (SSSR count). The molecule has 102 valence electrons. The molecule has 0 saturated heterocycles. The molecule has 0 aliphatic rings. The van der Waals surface area contributed by atoms with Gasteiger partial charge in [0.15, 0.2) is 5.84 Å². The molecule has 1 atom stereocenters. The lowest BCUT2D eigenvalue weighted by atomic mass is 10.0. The third-order valence-electron chi connectivity index (χ3n) is 2.03. The standard InChI is InChI=1S/C10H23N3O3S/c1-7(2)8(9(11)12-14)13-17(15,16)6-10(3,4)5/h7-8,13-14H,6H2,1-5H3,(H2,11,12). The van der Waals surface area contributed by atoms with Gasteiger partial charge in [-0.1, -0.05) is 39.8 Å². The molecule has 0 aromatic heterocycles. The van der Waals surface area contributed by atoms with Gasteiger partial charge in [-0.2, -0.15) is 0 Å². The largest absolute Gasteiger partial charge is 0.409 e. The molecule has 7 heteroatoms. The minimum absolute atomic E-state index is 0.0120. The summed E-state index contributed by atoms with van der Waals surface area (Å²) in [4.78, 5) is 0. The number of nitrogens with two attached hydrogens (primary N) is 1. The summed E-state index contributed by atoms with van der Waals surface area (Å²) in [6, 6.07) is -0.688. The van der Waals surface area contributed by atoms with Gasteiger partial charge >= 0.3 is 0 Å². The summed E-state index contributed by atoms with van der Waals surface area (Å²) in [7, 11) is -3.46. The number of hydrogen-bond acceptors (Lipinski definition) is 4. The molecule has 0 amide bonds. The van der Waals surface area contributed by atoms with Crippen molar-refractivity contribution in [3.63, 3.8) is 0 Å². The summed E-state index contributed by atoms with van der Waals surface area (Å²) in [6.45, 7) is 9.09. The minimum atomic E-state index is -3.46. The number of nitrogens with zero attached hydrogens (tertiary/aromatic N) is 1. The van der Waals surface area contributed by atoms with E-state index in [0.29, 0.717) is 0 Å². The van der Waals surface area contributed by atoms with Crippen molar-refractivity contribution in [1.82, 2.24) is 4.72 Å². The first-order valence-corrected chi connectivity index (χ1v) is 7.11. The smallest absolute Gasteiger partial charge is 0.212 e. The monoisotopic (exact) mass is 265 g/mol. The number of rotatable bonds is 5. The van der Waals surface area contributed by atoms with Gasteiger partial charge in [0.2, 0.25) is 10.0 Å². The molecule has 0 aliphatic heterocycles. The van der Waals surface area contributed by atoms with Crippen molar-refractivity contribution in [2.24, 2.45) is 22.2 Å². The normalized spacial score (nSPS) is 16.2. The van der Waals surface area contributed by atoms with Crippen LogP contribution in [0.25, 0.3) is 0 Å². The van der Waals surface area contributed by atoms with Crippen molar-refractivity contribution in [3.05, 3.63) is 0 Å². The summed E-state index contributed by atoms with van der Waals surface area (Å²) >= 11 is 0. The van der Waals surface area contributed by atoms with Gasteiger partial charge in [-0.15, -0.1) is 0 Å². The second-order valence-electron chi connectivity index (χ2n) is 5.68. The number of oxime groups is 1. The van der Waals surface area contributed by atoms with Crippen molar-refractivity contribution in [2.45, 2.75) is 40.7 Å². The van der Waals surface area contributed by atoms with Gasteiger partial charge in [0, 0.05) is 0 Å². The fraction of sp³-hybridized carbons (Fsp3) is 0.900. The van der Waals surface area contributed by atoms with E-state index in [1.165, 1.54) is 0 Å². The average Bonchev–Trinajstić information content (AvgIpc) is 2.08. The highest BCUT2D eigenvalue weighted by Gasteiger charge is 2.28. The Kier molecular flexibility index (Phi) is 5.41. The molecule has 0 spiro atoms. The van der Waals surface area contributed by atoms with Gasteiger partial charge in [0.1, 0.15) is 0 Å². The van der Waals surface area contributed by atoms with Crippen LogP contribution >= 0.6 is 0 Å². The Morgan fingerprint density at radius 2 is 1.88 bits per heavy atom. The van der Waals surface area contributed by atoms with Gasteiger partial charge in [-0.25, -0.2) is 13.1 Å². The van der Waals surface area contributed by atoms with E-state index in [9.17, 15) is 8.42 Å². The van der Waals surface area contributed by atoms with Crippen LogP contribution in [0, 0.1) is 11.3 Å². The number of hydrogen-bond donors (Lipinski definition) is 3. The Labute approximate surface area is 103 Å². The van der Waals surface area contributed by atoms with E-state index in [-0.39, 0.29) is 22.9 Å². The van der Waals surface area contributed by atoms with E-state index in [4.69, 9.17) is 10.9 Å². The van der Waals surface area contributed by atoms with Crippen LogP contribution in [-0.2, 0) is 10.0 Å². The van der Waals surface area contributed by atoms with Crippen molar-refractivity contribution in [1.29, 1.82) is 0 Å². The van der Waals surface area contributed by atoms with Crippen LogP contribution in [0.5, 0.6) is 0 Å². The van der Waals surface area contributed by atoms with Crippen LogP contribution in [0.2, 0.25) is 0 Å². The molecule has 6 nitrogen and oxygen atoms in total. The molecule has 4 N–H and O–H groups in total. The van der Waals surface area contributed by atoms with Crippen molar-refractivity contribution in [2.75, 3.05) is 5.75 Å². The first-order chi connectivity index (χ1) is 7.48. The van der Waals surface area contributed by atoms with Crippen LogP contribution in [-0.4, -0.2) is 31.3 Å². The third-order valence-corrected chi connectivity index (χ3v) is 3.89. The Balaban J connectivity index is 4.90. The average molecular weight is 265 g/mol. The number of sulfonamides is 1. The van der Waals surface area contributed by atoms with Gasteiger partial charge in [-0.3, -0.25) is 0 Å². The molecule has 0 aromatic rings. The highest BCUT2D eigenvalue weighted by molar-refractivity contribution is 7.89. The van der Waals surface area contributed by atoms with E-state index in [0.717, 1.165) is 0 Å². The zero-order valence-electron chi connectivity index (χ0n) is 11.1. The maximum atomic E-state index is 11.9. The lowest BCUT2D eigenvalue weighted by Crippen LogP contribution is -2.49. The van der Waals surface area contributed by atoms with E-state index in [1.807, 2.05) is 20.8 Å². The van der Waals surface area contributed by atoms with E-state index >= 15 is 0 Å². The lowest BCUT2D eigenvalue weighted by molar-refractivity contribution is 0.313. The van der Waals surface area contributed by atoms with Crippen LogP contribution in [0.1, 0.15) is 34.6 Å². The van der Waals surface area contributed by atoms with E-state index in [2.05, 4.69) is 9.88 Å². The Morgan fingerprint density at radius 1 is 1.41 bits per heavy atom. The first-order valence-electron chi connectivity index (χ1n) is 5.46. The predicted molar refractivity (Wildman–Crippen MR) is 68.4 cm³/mol. The minimum Gasteiger partial charge on any atom is -0.409 e. The summed E-state index contributed by atoms with van der Waals surface area (Å²) in [6.07, 6.45) is 0. The highest BCUT2D eigenvalue weighted by Crippen LogP contribution is 2.16. The molecule has 1 unspecified atom stereocenters. The first kappa shape index (κ1) is 16.2. The van der Waals surface area contributed by atoms with Crippen molar-refractivity contribution < 1.29 is 13.6 Å². The quantitative estimate of drug-likeness (QED) is 0.295. The van der Waals surface area contributed by atoms with Gasteiger partial charge < -0.3 is 10.9 Å². The second kappa shape index (κ2) is 5.68. The molecule has 0 bridgehead atoms. The Bertz CT molecular complexity index is 369. The molecular weight excluding hydrogens is 242 g/mol. The molecule has 0 saturated carbocycles. The fourth-order valence-corrected chi connectivity index (χ4v) is 3.41. The van der Waals surface area contributed by atoms with Crippen molar-refractivity contribution in [3.8, 4) is 0 Å². The molecule has 17 heavy (non-hydrogen) atoms. The summed E-state index contributed by atoms with van der Waals surface area (Å²) in [5, 5.41) is 11.5. The van der Waals surface area contributed by atoms with Crippen LogP contribution < -0.4 is 10.5 Å². The summed E-state index contributed by atoms with van der Waals surface area (Å²) < 4.78 is 26.2. The van der Waals surface area contributed by atoms with E-state index < -0.39 is 16.1 Å². The third kappa shape index (κ3) is 6.48. The number of nitrogens with one attached hydrogen (secondary N) is 1. The predicted octanol–water partition coefficient (Wildman–Crippen LogP) is 0.723. The number of amidine groups is 1. The van der Waals surface area contributed by atoms with Gasteiger partial charge in [0.25, 0.3) is 0 Å².